The van der Waals surface area contributed by atoms with E-state index in [1.807, 2.05) is 18.2 Å². The zero-order valence-corrected chi connectivity index (χ0v) is 19.8. The van der Waals surface area contributed by atoms with Gasteiger partial charge in [-0.1, -0.05) is 31.4 Å². The molecule has 2 aliphatic carbocycles. The molecule has 1 saturated carbocycles. The molecule has 1 N–H and O–H groups in total. The van der Waals surface area contributed by atoms with Crippen LogP contribution in [-0.2, 0) is 26.9 Å². The Balaban J connectivity index is 1.48. The molecule has 0 atom stereocenters. The third-order valence-corrected chi connectivity index (χ3v) is 8.35. The summed E-state index contributed by atoms with van der Waals surface area (Å²) >= 11 is 1.78. The first kappa shape index (κ1) is 21.3. The molecule has 1 amide bonds. The number of carbonyl (C=O) groups excluding carboxylic acids is 1. The van der Waals surface area contributed by atoms with Crippen molar-refractivity contribution in [2.75, 3.05) is 0 Å². The van der Waals surface area contributed by atoms with Crippen LogP contribution in [0.5, 0.6) is 0 Å². The number of hydrogen-bond acceptors (Lipinski definition) is 3. The normalized spacial score (nSPS) is 17.2. The average Bonchev–Trinajstić information content (AvgIpc) is 3.29. The number of hydrogen-bond donors (Lipinski definition) is 1. The second kappa shape index (κ2) is 8.74. The van der Waals surface area contributed by atoms with Gasteiger partial charge in [-0.2, -0.15) is 0 Å². The van der Waals surface area contributed by atoms with Gasteiger partial charge in [-0.15, -0.1) is 11.3 Å². The Bertz CT molecular complexity index is 1250. The van der Waals surface area contributed by atoms with Crippen molar-refractivity contribution in [3.63, 3.8) is 0 Å². The Morgan fingerprint density at radius 2 is 1.75 bits per heavy atom. The van der Waals surface area contributed by atoms with Crippen molar-refractivity contribution in [1.29, 1.82) is 0 Å². The van der Waals surface area contributed by atoms with E-state index >= 15 is 0 Å². The lowest BCUT2D eigenvalue weighted by Crippen LogP contribution is -2.36. The van der Waals surface area contributed by atoms with Gasteiger partial charge >= 0.3 is 5.69 Å². The predicted octanol–water partition coefficient (Wildman–Crippen LogP) is 5.05. The molecule has 0 aliphatic heterocycles. The molecule has 0 spiro atoms. The van der Waals surface area contributed by atoms with Crippen LogP contribution in [0.4, 0.5) is 0 Å². The Labute approximate surface area is 192 Å². The standard InChI is InChI=1S/C26H31N3O2S/c1-28-20-14-12-17(16-21(20)29(2)26(28)31)13-15-23-24(19-10-6-7-11-22(19)32-23)25(30)27-18-8-4-3-5-9-18/h12-16,18H,3-11H2,1-2H3,(H,27,30). The minimum absolute atomic E-state index is 0.0197. The van der Waals surface area contributed by atoms with Gasteiger partial charge in [-0.3, -0.25) is 13.9 Å². The van der Waals surface area contributed by atoms with Crippen LogP contribution >= 0.6 is 11.3 Å². The van der Waals surface area contributed by atoms with E-state index < -0.39 is 0 Å². The summed E-state index contributed by atoms with van der Waals surface area (Å²) < 4.78 is 3.35. The number of imidazole rings is 1. The molecule has 1 aromatic carbocycles. The van der Waals surface area contributed by atoms with Gasteiger partial charge < -0.3 is 5.32 Å². The number of nitrogens with zero attached hydrogens (tertiary/aromatic N) is 2. The van der Waals surface area contributed by atoms with Crippen molar-refractivity contribution in [3.8, 4) is 0 Å². The minimum atomic E-state index is -0.0197. The first-order valence-corrected chi connectivity index (χ1v) is 12.6. The van der Waals surface area contributed by atoms with Crippen LogP contribution in [0.25, 0.3) is 23.2 Å². The molecular formula is C26H31N3O2S. The number of rotatable bonds is 4. The second-order valence-corrected chi connectivity index (χ2v) is 10.4. The van der Waals surface area contributed by atoms with Gasteiger partial charge in [0.05, 0.1) is 16.6 Å². The fourth-order valence-electron chi connectivity index (χ4n) is 5.26. The Kier molecular flexibility index (Phi) is 5.80. The summed E-state index contributed by atoms with van der Waals surface area (Å²) in [5.74, 6) is 0.108. The van der Waals surface area contributed by atoms with E-state index in [-0.39, 0.29) is 11.6 Å². The van der Waals surface area contributed by atoms with Gasteiger partial charge in [-0.25, -0.2) is 4.79 Å². The van der Waals surface area contributed by atoms with E-state index in [2.05, 4.69) is 17.5 Å². The summed E-state index contributed by atoms with van der Waals surface area (Å²) in [4.78, 5) is 28.0. The number of fused-ring (bicyclic) bond motifs is 2. The molecule has 0 saturated heterocycles. The quantitative estimate of drug-likeness (QED) is 0.606. The molecule has 2 aliphatic rings. The molecule has 2 aromatic heterocycles. The molecule has 1 fully saturated rings. The molecule has 0 bridgehead atoms. The summed E-state index contributed by atoms with van der Waals surface area (Å²) in [6, 6.07) is 6.39. The summed E-state index contributed by atoms with van der Waals surface area (Å²) in [6.07, 6.45) is 14.5. The van der Waals surface area contributed by atoms with Crippen molar-refractivity contribution in [1.82, 2.24) is 14.5 Å². The highest BCUT2D eigenvalue weighted by molar-refractivity contribution is 7.13. The fraction of sp³-hybridized carbons (Fsp3) is 0.462. The minimum Gasteiger partial charge on any atom is -0.349 e. The van der Waals surface area contributed by atoms with Crippen LogP contribution in [0.2, 0.25) is 0 Å². The van der Waals surface area contributed by atoms with E-state index in [1.165, 1.54) is 36.1 Å². The van der Waals surface area contributed by atoms with Crippen molar-refractivity contribution in [2.24, 2.45) is 14.1 Å². The Morgan fingerprint density at radius 1 is 1.00 bits per heavy atom. The number of carbonyl (C=O) groups is 1. The Morgan fingerprint density at radius 3 is 2.56 bits per heavy atom. The second-order valence-electron chi connectivity index (χ2n) is 9.24. The van der Waals surface area contributed by atoms with E-state index in [0.29, 0.717) is 6.04 Å². The van der Waals surface area contributed by atoms with Gasteiger partial charge in [0, 0.05) is 29.9 Å². The number of benzene rings is 1. The molecule has 2 heterocycles. The maximum absolute atomic E-state index is 13.4. The average molecular weight is 450 g/mol. The number of aryl methyl sites for hydroxylation is 3. The lowest BCUT2D eigenvalue weighted by atomic mass is 9.92. The SMILES string of the molecule is Cn1c(=O)n(C)c2cc(C=Cc3sc4c(c3C(=O)NC3CCCCC3)CCCC4)ccc21. The lowest BCUT2D eigenvalue weighted by Gasteiger charge is -2.23. The summed E-state index contributed by atoms with van der Waals surface area (Å²) in [5, 5.41) is 3.34. The highest BCUT2D eigenvalue weighted by atomic mass is 32.1. The maximum atomic E-state index is 13.4. The number of thiophene rings is 1. The van der Waals surface area contributed by atoms with Gasteiger partial charge in [0.1, 0.15) is 0 Å². The van der Waals surface area contributed by atoms with E-state index in [9.17, 15) is 9.59 Å². The summed E-state index contributed by atoms with van der Waals surface area (Å²) in [7, 11) is 3.60. The third-order valence-electron chi connectivity index (χ3n) is 7.09. The monoisotopic (exact) mass is 449 g/mol. The van der Waals surface area contributed by atoms with Crippen molar-refractivity contribution >= 4 is 40.4 Å². The summed E-state index contributed by atoms with van der Waals surface area (Å²) in [5.41, 5.74) is 5.03. The Hall–Kier alpha value is -2.60. The van der Waals surface area contributed by atoms with Gasteiger partial charge in [0.2, 0.25) is 0 Å². The highest BCUT2D eigenvalue weighted by Gasteiger charge is 2.26. The molecule has 0 radical (unpaired) electrons. The van der Waals surface area contributed by atoms with Crippen LogP contribution < -0.4 is 11.0 Å². The molecule has 6 heteroatoms. The van der Waals surface area contributed by atoms with Crippen LogP contribution in [0, 0.1) is 0 Å². The van der Waals surface area contributed by atoms with Crippen LogP contribution in [0.15, 0.2) is 23.0 Å². The number of aromatic nitrogens is 2. The van der Waals surface area contributed by atoms with E-state index in [1.54, 1.807) is 34.6 Å². The first-order chi connectivity index (χ1) is 15.5. The first-order valence-electron chi connectivity index (χ1n) is 11.8. The van der Waals surface area contributed by atoms with Crippen molar-refractivity contribution < 1.29 is 4.79 Å². The van der Waals surface area contributed by atoms with Gasteiger partial charge in [-0.05, 0) is 67.9 Å². The van der Waals surface area contributed by atoms with Gasteiger partial charge in [0.15, 0.2) is 0 Å². The van der Waals surface area contributed by atoms with Crippen molar-refractivity contribution in [2.45, 2.75) is 63.8 Å². The van der Waals surface area contributed by atoms with E-state index in [0.717, 1.165) is 59.1 Å². The fourth-order valence-corrected chi connectivity index (χ4v) is 6.55. The summed E-state index contributed by atoms with van der Waals surface area (Å²) in [6.45, 7) is 0. The number of amides is 1. The topological polar surface area (TPSA) is 56.0 Å². The molecule has 32 heavy (non-hydrogen) atoms. The van der Waals surface area contributed by atoms with Crippen molar-refractivity contribution in [3.05, 3.63) is 55.1 Å². The third kappa shape index (κ3) is 3.85. The highest BCUT2D eigenvalue weighted by Crippen LogP contribution is 2.36. The molecule has 0 unspecified atom stereocenters. The molecule has 5 rings (SSSR count). The van der Waals surface area contributed by atoms with Crippen LogP contribution in [-0.4, -0.2) is 21.1 Å². The molecular weight excluding hydrogens is 418 g/mol. The zero-order chi connectivity index (χ0) is 22.2. The zero-order valence-electron chi connectivity index (χ0n) is 18.9. The molecule has 168 valence electrons. The number of nitrogens with one attached hydrogen (secondary N) is 1. The smallest absolute Gasteiger partial charge is 0.328 e. The lowest BCUT2D eigenvalue weighted by molar-refractivity contribution is 0.0927. The van der Waals surface area contributed by atoms with E-state index in [4.69, 9.17) is 0 Å². The van der Waals surface area contributed by atoms with Crippen LogP contribution in [0.3, 0.4) is 0 Å². The predicted molar refractivity (Wildman–Crippen MR) is 132 cm³/mol. The maximum Gasteiger partial charge on any atom is 0.328 e. The van der Waals surface area contributed by atoms with Gasteiger partial charge in [0.25, 0.3) is 5.91 Å². The molecule has 5 nitrogen and oxygen atoms in total. The van der Waals surface area contributed by atoms with Crippen LogP contribution in [0.1, 0.15) is 76.2 Å². The largest absolute Gasteiger partial charge is 0.349 e. The molecule has 3 aromatic rings.